The molecule has 0 radical (unpaired) electrons. The minimum Gasteiger partial charge on any atom is -0.756 e. The van der Waals surface area contributed by atoms with Gasteiger partial charge in [-0.25, -0.2) is 0 Å². The minimum absolute atomic E-state index is 0.0141. The Hall–Kier alpha value is -1.80. The van der Waals surface area contributed by atoms with E-state index in [-0.39, 0.29) is 12.5 Å². The first kappa shape index (κ1) is 54.2. The molecule has 0 bridgehead atoms. The maximum Gasteiger partial charge on any atom is 0.268 e. The molecule has 9 heteroatoms. The predicted molar refractivity (Wildman–Crippen MR) is 237 cm³/mol. The molecule has 326 valence electrons. The van der Waals surface area contributed by atoms with Crippen molar-refractivity contribution in [3.63, 3.8) is 0 Å². The van der Waals surface area contributed by atoms with Crippen LogP contribution in [0.15, 0.2) is 60.8 Å². The van der Waals surface area contributed by atoms with E-state index in [1.54, 1.807) is 6.08 Å². The Morgan fingerprint density at radius 2 is 1.05 bits per heavy atom. The van der Waals surface area contributed by atoms with E-state index in [0.717, 1.165) is 70.6 Å². The Balaban J connectivity index is 4.53. The number of amides is 1. The molecule has 0 aliphatic rings. The van der Waals surface area contributed by atoms with E-state index in [0.29, 0.717) is 17.4 Å². The lowest BCUT2D eigenvalue weighted by molar-refractivity contribution is -0.870. The van der Waals surface area contributed by atoms with Crippen LogP contribution in [0.5, 0.6) is 0 Å². The van der Waals surface area contributed by atoms with Crippen molar-refractivity contribution in [2.24, 2.45) is 0 Å². The lowest BCUT2D eigenvalue weighted by Crippen LogP contribution is -2.45. The number of likely N-dealkylation sites (N-methyl/N-ethyl adjacent to an activating group) is 1. The average molecular weight is 807 g/mol. The predicted octanol–water partition coefficient (Wildman–Crippen LogP) is 12.0. The number of aliphatic hydroxyl groups excluding tert-OH is 1. The monoisotopic (exact) mass is 807 g/mol. The first-order chi connectivity index (χ1) is 27.0. The van der Waals surface area contributed by atoms with Crippen LogP contribution in [0.1, 0.15) is 181 Å². The zero-order valence-corrected chi connectivity index (χ0v) is 37.7. The van der Waals surface area contributed by atoms with Crippen molar-refractivity contribution in [2.45, 2.75) is 193 Å². The van der Waals surface area contributed by atoms with Crippen molar-refractivity contribution in [1.29, 1.82) is 0 Å². The summed E-state index contributed by atoms with van der Waals surface area (Å²) in [6.07, 6.45) is 49.8. The third kappa shape index (κ3) is 40.4. The van der Waals surface area contributed by atoms with Gasteiger partial charge in [-0.2, -0.15) is 0 Å². The van der Waals surface area contributed by atoms with Crippen LogP contribution in [0.4, 0.5) is 0 Å². The third-order valence-electron chi connectivity index (χ3n) is 9.68. The van der Waals surface area contributed by atoms with Gasteiger partial charge in [0.15, 0.2) is 0 Å². The Bertz CT molecular complexity index is 1100. The SMILES string of the molecule is CCCCC/C=C\C/C=C\CCCCCCCC(=O)NC(COP(=O)([O-])OCC[N+](C)(C)C)C(O)/C=C/CC/C=C/CC/C=C/CCCCCCCCCCC. The maximum atomic E-state index is 12.8. The van der Waals surface area contributed by atoms with Crippen LogP contribution >= 0.6 is 7.82 Å². The summed E-state index contributed by atoms with van der Waals surface area (Å²) in [4.78, 5) is 25.3. The number of hydrogen-bond donors (Lipinski definition) is 2. The summed E-state index contributed by atoms with van der Waals surface area (Å²) in [7, 11) is 1.22. The Morgan fingerprint density at radius 1 is 0.625 bits per heavy atom. The lowest BCUT2D eigenvalue weighted by Gasteiger charge is -2.29. The molecule has 3 unspecified atom stereocenters. The molecule has 0 heterocycles. The lowest BCUT2D eigenvalue weighted by atomic mass is 10.1. The highest BCUT2D eigenvalue weighted by atomic mass is 31.2. The molecule has 0 fully saturated rings. The van der Waals surface area contributed by atoms with Crippen molar-refractivity contribution in [1.82, 2.24) is 5.32 Å². The number of phosphoric acid groups is 1. The van der Waals surface area contributed by atoms with Crippen LogP contribution in [0.2, 0.25) is 0 Å². The summed E-state index contributed by atoms with van der Waals surface area (Å²) in [5.41, 5.74) is 0. The fourth-order valence-corrected chi connectivity index (χ4v) is 6.76. The maximum absolute atomic E-state index is 12.8. The highest BCUT2D eigenvalue weighted by Crippen LogP contribution is 2.38. The van der Waals surface area contributed by atoms with Crippen molar-refractivity contribution >= 4 is 13.7 Å². The van der Waals surface area contributed by atoms with Crippen LogP contribution in [-0.2, 0) is 18.4 Å². The average Bonchev–Trinajstić information content (AvgIpc) is 3.15. The van der Waals surface area contributed by atoms with Gasteiger partial charge in [0.25, 0.3) is 7.82 Å². The Labute approximate surface area is 345 Å². The van der Waals surface area contributed by atoms with Gasteiger partial charge in [0.2, 0.25) is 5.91 Å². The van der Waals surface area contributed by atoms with Gasteiger partial charge in [0.1, 0.15) is 13.2 Å². The molecule has 0 aromatic rings. The van der Waals surface area contributed by atoms with Gasteiger partial charge in [-0.15, -0.1) is 0 Å². The van der Waals surface area contributed by atoms with Crippen LogP contribution in [0.3, 0.4) is 0 Å². The smallest absolute Gasteiger partial charge is 0.268 e. The number of carbonyl (C=O) groups is 1. The van der Waals surface area contributed by atoms with Gasteiger partial charge in [0, 0.05) is 6.42 Å². The molecule has 0 aliphatic heterocycles. The molecule has 0 aromatic carbocycles. The number of unbranched alkanes of at least 4 members (excludes halogenated alkanes) is 19. The standard InChI is InChI=1S/C47H87N2O6P/c1-6-8-10-12-14-16-18-20-22-23-24-25-27-28-30-32-34-36-38-40-46(50)45(44-55-56(52,53)54-43-42-49(3,4)5)48-47(51)41-39-37-35-33-31-29-26-21-19-17-15-13-11-9-7-2/h15,17,21,24-26,30,32,38,40,45-46,50H,6-14,16,18-20,22-23,27-29,31,33-37,39,41-44H2,1-5H3,(H-,48,51,52,53)/b17-15-,25-24+,26-21-,32-30+,40-38+. The van der Waals surface area contributed by atoms with E-state index in [9.17, 15) is 19.4 Å². The fourth-order valence-electron chi connectivity index (χ4n) is 6.04. The van der Waals surface area contributed by atoms with Crippen molar-refractivity contribution in [2.75, 3.05) is 40.9 Å². The second kappa shape index (κ2) is 38.7. The topological polar surface area (TPSA) is 108 Å². The molecule has 0 rings (SSSR count). The number of hydrogen-bond acceptors (Lipinski definition) is 6. The molecule has 0 saturated carbocycles. The first-order valence-corrected chi connectivity index (χ1v) is 24.1. The molecule has 0 aliphatic carbocycles. The van der Waals surface area contributed by atoms with Gasteiger partial charge >= 0.3 is 0 Å². The minimum atomic E-state index is -4.60. The fraction of sp³-hybridized carbons (Fsp3) is 0.766. The van der Waals surface area contributed by atoms with Gasteiger partial charge in [-0.3, -0.25) is 9.36 Å². The van der Waals surface area contributed by atoms with Crippen LogP contribution in [-0.4, -0.2) is 68.5 Å². The molecule has 0 spiro atoms. The second-order valence-corrected chi connectivity index (χ2v) is 17.8. The number of nitrogens with zero attached hydrogens (tertiary/aromatic N) is 1. The number of rotatable bonds is 40. The second-order valence-electron chi connectivity index (χ2n) is 16.4. The van der Waals surface area contributed by atoms with E-state index in [4.69, 9.17) is 9.05 Å². The summed E-state index contributed by atoms with van der Waals surface area (Å²) in [6, 6.07) is -0.918. The zero-order chi connectivity index (χ0) is 41.4. The normalized spacial score (nSPS) is 14.9. The van der Waals surface area contributed by atoms with Crippen molar-refractivity contribution in [3.8, 4) is 0 Å². The molecule has 56 heavy (non-hydrogen) atoms. The van der Waals surface area contributed by atoms with Crippen LogP contribution < -0.4 is 10.2 Å². The number of nitrogens with one attached hydrogen (secondary N) is 1. The van der Waals surface area contributed by atoms with Gasteiger partial charge < -0.3 is 28.8 Å². The van der Waals surface area contributed by atoms with Gasteiger partial charge in [-0.1, -0.05) is 158 Å². The van der Waals surface area contributed by atoms with Crippen molar-refractivity contribution in [3.05, 3.63) is 60.8 Å². The molecule has 0 saturated heterocycles. The molecule has 2 N–H and O–H groups in total. The van der Waals surface area contributed by atoms with E-state index in [1.165, 1.54) is 89.9 Å². The van der Waals surface area contributed by atoms with E-state index in [1.807, 2.05) is 27.2 Å². The highest BCUT2D eigenvalue weighted by Gasteiger charge is 2.23. The number of allylic oxidation sites excluding steroid dienone is 9. The van der Waals surface area contributed by atoms with E-state index >= 15 is 0 Å². The molecule has 3 atom stereocenters. The first-order valence-electron chi connectivity index (χ1n) is 22.7. The Kier molecular flexibility index (Phi) is 37.5. The summed E-state index contributed by atoms with van der Waals surface area (Å²) < 4.78 is 23.2. The quantitative estimate of drug-likeness (QED) is 0.0276. The number of carbonyl (C=O) groups excluding carboxylic acids is 1. The van der Waals surface area contributed by atoms with Gasteiger partial charge in [-0.05, 0) is 77.0 Å². The van der Waals surface area contributed by atoms with Crippen LogP contribution in [0.25, 0.3) is 0 Å². The molecular weight excluding hydrogens is 719 g/mol. The van der Waals surface area contributed by atoms with Crippen LogP contribution in [0, 0.1) is 0 Å². The highest BCUT2D eigenvalue weighted by molar-refractivity contribution is 7.45. The van der Waals surface area contributed by atoms with E-state index < -0.39 is 26.6 Å². The summed E-state index contributed by atoms with van der Waals surface area (Å²) in [5, 5.41) is 13.7. The molecular formula is C47H87N2O6P. The summed E-state index contributed by atoms with van der Waals surface area (Å²) >= 11 is 0. The number of phosphoric ester groups is 1. The van der Waals surface area contributed by atoms with E-state index in [2.05, 4.69) is 67.8 Å². The number of quaternary nitrogens is 1. The largest absolute Gasteiger partial charge is 0.756 e. The molecule has 1 amide bonds. The van der Waals surface area contributed by atoms with Crippen molar-refractivity contribution < 1.29 is 32.9 Å². The summed E-state index contributed by atoms with van der Waals surface area (Å²) in [5.74, 6) is -0.228. The molecule has 0 aromatic heterocycles. The molecule has 8 nitrogen and oxygen atoms in total. The zero-order valence-electron chi connectivity index (χ0n) is 36.8. The van der Waals surface area contributed by atoms with Gasteiger partial charge in [0.05, 0.1) is 39.9 Å². The number of aliphatic hydroxyl groups is 1. The summed E-state index contributed by atoms with van der Waals surface area (Å²) in [6.45, 7) is 4.56. The third-order valence-corrected chi connectivity index (χ3v) is 10.6. The Morgan fingerprint density at radius 3 is 1.59 bits per heavy atom.